The van der Waals surface area contributed by atoms with Gasteiger partial charge in [-0.15, -0.1) is 0 Å². The van der Waals surface area contributed by atoms with E-state index in [1.165, 1.54) is 39.0 Å². The Hall–Kier alpha value is -0.0800. The minimum absolute atomic E-state index is 0.865. The molecule has 0 aromatic rings. The van der Waals surface area contributed by atoms with Crippen molar-refractivity contribution in [3.63, 3.8) is 0 Å². The maximum atomic E-state index is 3.46. The number of nitrogens with one attached hydrogen (secondary N) is 1. The summed E-state index contributed by atoms with van der Waals surface area (Å²) in [5.74, 6) is 1.74. The molecule has 0 aromatic carbocycles. The molecule has 78 valence electrons. The topological polar surface area (TPSA) is 15.3 Å². The van der Waals surface area contributed by atoms with Gasteiger partial charge in [0.15, 0.2) is 0 Å². The third-order valence-electron chi connectivity index (χ3n) is 3.12. The molecule has 0 radical (unpaired) electrons. The number of nitrogens with zero attached hydrogens (tertiary/aromatic N) is 1. The van der Waals surface area contributed by atoms with Crippen LogP contribution in [0.15, 0.2) is 0 Å². The molecule has 1 heterocycles. The number of unbranched alkanes of at least 4 members (excludes halogenated alkanes) is 1. The van der Waals surface area contributed by atoms with Crippen molar-refractivity contribution in [2.45, 2.75) is 26.7 Å². The molecule has 2 nitrogen and oxygen atoms in total. The highest BCUT2D eigenvalue weighted by atomic mass is 15.1. The number of hydrogen-bond donors (Lipinski definition) is 1. The van der Waals surface area contributed by atoms with E-state index in [9.17, 15) is 0 Å². The Morgan fingerprint density at radius 2 is 2.15 bits per heavy atom. The van der Waals surface area contributed by atoms with Crippen molar-refractivity contribution >= 4 is 0 Å². The summed E-state index contributed by atoms with van der Waals surface area (Å²) in [5.41, 5.74) is 0. The fraction of sp³-hybridized carbons (Fsp3) is 1.00. The van der Waals surface area contributed by atoms with Crippen LogP contribution < -0.4 is 5.32 Å². The fourth-order valence-corrected chi connectivity index (χ4v) is 2.03. The maximum absolute atomic E-state index is 3.46. The molecule has 1 rings (SSSR count). The average molecular weight is 184 g/mol. The molecule has 0 aliphatic carbocycles. The smallest absolute Gasteiger partial charge is 0.00218 e. The van der Waals surface area contributed by atoms with Gasteiger partial charge in [-0.05, 0) is 44.9 Å². The molecule has 13 heavy (non-hydrogen) atoms. The van der Waals surface area contributed by atoms with Crippen LogP contribution >= 0.6 is 0 Å². The summed E-state index contributed by atoms with van der Waals surface area (Å²) in [4.78, 5) is 2.48. The lowest BCUT2D eigenvalue weighted by atomic mass is 9.98. The first-order valence-corrected chi connectivity index (χ1v) is 5.63. The minimum atomic E-state index is 0.865. The van der Waals surface area contributed by atoms with E-state index in [4.69, 9.17) is 0 Å². The van der Waals surface area contributed by atoms with E-state index in [0.29, 0.717) is 0 Å². The molecule has 0 bridgehead atoms. The summed E-state index contributed by atoms with van der Waals surface area (Å²) in [6, 6.07) is 0. The van der Waals surface area contributed by atoms with Crippen LogP contribution in [0.2, 0.25) is 0 Å². The number of hydrogen-bond acceptors (Lipinski definition) is 2. The van der Waals surface area contributed by atoms with E-state index in [1.807, 2.05) is 0 Å². The van der Waals surface area contributed by atoms with Gasteiger partial charge in [-0.2, -0.15) is 0 Å². The van der Waals surface area contributed by atoms with Gasteiger partial charge >= 0.3 is 0 Å². The van der Waals surface area contributed by atoms with Crippen LogP contribution in [0.5, 0.6) is 0 Å². The molecule has 0 unspecified atom stereocenters. The highest BCUT2D eigenvalue weighted by Gasteiger charge is 2.23. The summed E-state index contributed by atoms with van der Waals surface area (Å²) in [6.45, 7) is 9.59. The van der Waals surface area contributed by atoms with Gasteiger partial charge in [-0.25, -0.2) is 0 Å². The van der Waals surface area contributed by atoms with Gasteiger partial charge in [0, 0.05) is 6.54 Å². The lowest BCUT2D eigenvalue weighted by Gasteiger charge is -2.22. The lowest BCUT2D eigenvalue weighted by molar-refractivity contribution is 0.256. The summed E-state index contributed by atoms with van der Waals surface area (Å²) in [7, 11) is 2.25. The summed E-state index contributed by atoms with van der Waals surface area (Å²) in [6.07, 6.45) is 2.65. The van der Waals surface area contributed by atoms with Gasteiger partial charge in [0.1, 0.15) is 0 Å². The van der Waals surface area contributed by atoms with Crippen LogP contribution in [0, 0.1) is 11.8 Å². The van der Waals surface area contributed by atoms with Gasteiger partial charge in [-0.1, -0.05) is 20.3 Å². The van der Waals surface area contributed by atoms with Crippen molar-refractivity contribution in [2.75, 3.05) is 33.2 Å². The predicted octanol–water partition coefficient (Wildman–Crippen LogP) is 1.57. The summed E-state index contributed by atoms with van der Waals surface area (Å²) < 4.78 is 0. The van der Waals surface area contributed by atoms with Crippen LogP contribution in [0.4, 0.5) is 0 Å². The first-order chi connectivity index (χ1) is 6.24. The number of rotatable bonds is 5. The monoisotopic (exact) mass is 184 g/mol. The third-order valence-corrected chi connectivity index (χ3v) is 3.12. The Kier molecular flexibility index (Phi) is 4.74. The van der Waals surface area contributed by atoms with Crippen LogP contribution in [0.25, 0.3) is 0 Å². The van der Waals surface area contributed by atoms with E-state index < -0.39 is 0 Å². The fourth-order valence-electron chi connectivity index (χ4n) is 2.03. The Balaban J connectivity index is 2.15. The van der Waals surface area contributed by atoms with Crippen LogP contribution in [-0.2, 0) is 0 Å². The molecular formula is C11H24N2. The van der Waals surface area contributed by atoms with Crippen LogP contribution in [-0.4, -0.2) is 38.1 Å². The van der Waals surface area contributed by atoms with Crippen molar-refractivity contribution < 1.29 is 0 Å². The minimum Gasteiger partial charge on any atom is -0.316 e. The molecule has 0 saturated carbocycles. The van der Waals surface area contributed by atoms with E-state index in [2.05, 4.69) is 31.1 Å². The van der Waals surface area contributed by atoms with Crippen molar-refractivity contribution in [3.8, 4) is 0 Å². The second kappa shape index (κ2) is 5.61. The van der Waals surface area contributed by atoms with Gasteiger partial charge in [-0.3, -0.25) is 0 Å². The molecule has 1 N–H and O–H groups in total. The van der Waals surface area contributed by atoms with Gasteiger partial charge < -0.3 is 10.2 Å². The normalized spacial score (nSPS) is 28.6. The zero-order valence-corrected chi connectivity index (χ0v) is 9.34. The van der Waals surface area contributed by atoms with E-state index in [1.54, 1.807) is 0 Å². The largest absolute Gasteiger partial charge is 0.316 e. The molecule has 0 spiro atoms. The first-order valence-electron chi connectivity index (χ1n) is 5.63. The quantitative estimate of drug-likeness (QED) is 0.698. The van der Waals surface area contributed by atoms with E-state index in [0.717, 1.165) is 11.8 Å². The SMILES string of the molecule is CCCCN(C)C[C@@H]1CNC[C@H]1C. The Bertz CT molecular complexity index is 136. The predicted molar refractivity (Wildman–Crippen MR) is 57.9 cm³/mol. The maximum Gasteiger partial charge on any atom is 0.00218 e. The summed E-state index contributed by atoms with van der Waals surface area (Å²) in [5, 5.41) is 3.46. The molecule has 0 amide bonds. The van der Waals surface area contributed by atoms with Crippen molar-refractivity contribution in [3.05, 3.63) is 0 Å². The van der Waals surface area contributed by atoms with E-state index >= 15 is 0 Å². The Morgan fingerprint density at radius 1 is 1.38 bits per heavy atom. The molecule has 1 fully saturated rings. The second-order valence-electron chi connectivity index (χ2n) is 4.51. The zero-order valence-electron chi connectivity index (χ0n) is 9.34. The van der Waals surface area contributed by atoms with Crippen molar-refractivity contribution in [2.24, 2.45) is 11.8 Å². The third kappa shape index (κ3) is 3.65. The molecule has 2 atom stereocenters. The first kappa shape index (κ1) is 11.0. The molecule has 1 aliphatic rings. The molecule has 1 saturated heterocycles. The van der Waals surface area contributed by atoms with Crippen molar-refractivity contribution in [1.29, 1.82) is 0 Å². The summed E-state index contributed by atoms with van der Waals surface area (Å²) >= 11 is 0. The van der Waals surface area contributed by atoms with Gasteiger partial charge in [0.05, 0.1) is 0 Å². The molecule has 1 aliphatic heterocycles. The Labute approximate surface area is 82.7 Å². The molecule has 2 heteroatoms. The van der Waals surface area contributed by atoms with Crippen LogP contribution in [0.3, 0.4) is 0 Å². The molecular weight excluding hydrogens is 160 g/mol. The lowest BCUT2D eigenvalue weighted by Crippen LogP contribution is -2.29. The Morgan fingerprint density at radius 3 is 2.69 bits per heavy atom. The van der Waals surface area contributed by atoms with Crippen LogP contribution in [0.1, 0.15) is 26.7 Å². The van der Waals surface area contributed by atoms with Crippen molar-refractivity contribution in [1.82, 2.24) is 10.2 Å². The average Bonchev–Trinajstić information content (AvgIpc) is 2.48. The second-order valence-corrected chi connectivity index (χ2v) is 4.51. The van der Waals surface area contributed by atoms with Gasteiger partial charge in [0.2, 0.25) is 0 Å². The zero-order chi connectivity index (χ0) is 9.68. The molecule has 0 aromatic heterocycles. The van der Waals surface area contributed by atoms with E-state index in [-0.39, 0.29) is 0 Å². The highest BCUT2D eigenvalue weighted by molar-refractivity contribution is 4.79. The van der Waals surface area contributed by atoms with Gasteiger partial charge in [0.25, 0.3) is 0 Å². The highest BCUT2D eigenvalue weighted by Crippen LogP contribution is 2.16. The standard InChI is InChI=1S/C11H24N2/c1-4-5-6-13(3)9-11-8-12-7-10(11)2/h10-12H,4-9H2,1-3H3/t10-,11+/m1/s1.